The first-order chi connectivity index (χ1) is 11.9. The number of amides is 1. The molecule has 3 rings (SSSR count). The highest BCUT2D eigenvalue weighted by molar-refractivity contribution is 5.95. The zero-order valence-corrected chi connectivity index (χ0v) is 15.8. The normalized spacial score (nSPS) is 27.5. The number of carbonyl (C=O) groups excluding carboxylic acids is 1. The van der Waals surface area contributed by atoms with E-state index in [2.05, 4.69) is 10.6 Å². The van der Waals surface area contributed by atoms with E-state index in [1.807, 2.05) is 6.92 Å². The summed E-state index contributed by atoms with van der Waals surface area (Å²) in [5.74, 6) is -0.879. The molecule has 1 aromatic carbocycles. The quantitative estimate of drug-likeness (QED) is 0.733. The topological polar surface area (TPSA) is 79.8 Å². The lowest BCUT2D eigenvalue weighted by atomic mass is 9.73. The summed E-state index contributed by atoms with van der Waals surface area (Å²) in [7, 11) is 1.35. The van der Waals surface area contributed by atoms with Crippen LogP contribution in [0.25, 0.3) is 0 Å². The molecule has 2 aliphatic rings. The number of nitrogens with one attached hydrogen (secondary N) is 2. The van der Waals surface area contributed by atoms with Gasteiger partial charge in [-0.05, 0) is 57.5 Å². The van der Waals surface area contributed by atoms with Crippen LogP contribution in [0.4, 0.5) is 4.39 Å². The maximum absolute atomic E-state index is 13.5. The first-order valence-electron chi connectivity index (χ1n) is 8.59. The van der Waals surface area contributed by atoms with E-state index in [1.165, 1.54) is 25.3 Å². The Morgan fingerprint density at radius 3 is 2.73 bits per heavy atom. The first kappa shape index (κ1) is 20.9. The number of ether oxygens (including phenoxy) is 2. The highest BCUT2D eigenvalue weighted by atomic mass is 35.5. The van der Waals surface area contributed by atoms with E-state index in [4.69, 9.17) is 9.47 Å². The van der Waals surface area contributed by atoms with Crippen LogP contribution < -0.4 is 15.4 Å². The first-order valence-corrected chi connectivity index (χ1v) is 8.59. The van der Waals surface area contributed by atoms with Crippen LogP contribution in [-0.4, -0.2) is 55.1 Å². The van der Waals surface area contributed by atoms with Gasteiger partial charge in [0.25, 0.3) is 5.91 Å². The zero-order valence-electron chi connectivity index (χ0n) is 15.0. The minimum Gasteiger partial charge on any atom is -0.494 e. The van der Waals surface area contributed by atoms with Crippen molar-refractivity contribution in [1.29, 1.82) is 0 Å². The second kappa shape index (κ2) is 8.08. The van der Waals surface area contributed by atoms with Crippen LogP contribution >= 0.6 is 12.4 Å². The number of aliphatic hydroxyl groups excluding tert-OH is 1. The van der Waals surface area contributed by atoms with Gasteiger partial charge in [-0.3, -0.25) is 4.79 Å². The minimum atomic E-state index is -0.817. The number of hydrogen-bond donors (Lipinski definition) is 3. The van der Waals surface area contributed by atoms with E-state index in [1.54, 1.807) is 0 Å². The zero-order chi connectivity index (χ0) is 18.1. The van der Waals surface area contributed by atoms with Crippen LogP contribution in [0.15, 0.2) is 18.2 Å². The highest BCUT2D eigenvalue weighted by Gasteiger charge is 2.53. The monoisotopic (exact) mass is 388 g/mol. The predicted octanol–water partition coefficient (Wildman–Crippen LogP) is 1.65. The molecule has 1 spiro atoms. The van der Waals surface area contributed by atoms with Gasteiger partial charge in [0.15, 0.2) is 11.6 Å². The lowest BCUT2D eigenvalue weighted by molar-refractivity contribution is -0.197. The standard InChI is InChI=1S/C18H25FN2O4.ClH/c1-17(7-10-25-18(16(17)23)5-8-20-9-6-18)21-15(22)12-3-4-13(19)14(11-12)24-2;/h3-4,11,16,20,23H,5-10H2,1-2H3,(H,21,22);1H/t16-,17+;/m0./s1. The molecule has 0 saturated carbocycles. The average molecular weight is 389 g/mol. The van der Waals surface area contributed by atoms with E-state index in [9.17, 15) is 14.3 Å². The largest absolute Gasteiger partial charge is 0.494 e. The lowest BCUT2D eigenvalue weighted by Gasteiger charge is -2.52. The fourth-order valence-corrected chi connectivity index (χ4v) is 3.79. The van der Waals surface area contributed by atoms with Gasteiger partial charge in [0.05, 0.1) is 18.2 Å². The van der Waals surface area contributed by atoms with Crippen molar-refractivity contribution in [3.63, 3.8) is 0 Å². The molecule has 146 valence electrons. The van der Waals surface area contributed by atoms with Crippen molar-refractivity contribution < 1.29 is 23.8 Å². The molecule has 0 bridgehead atoms. The van der Waals surface area contributed by atoms with Crippen molar-refractivity contribution in [2.45, 2.75) is 43.4 Å². The van der Waals surface area contributed by atoms with E-state index in [-0.39, 0.29) is 29.6 Å². The Balaban J connectivity index is 0.00000243. The molecule has 1 amide bonds. The molecule has 6 nitrogen and oxygen atoms in total. The van der Waals surface area contributed by atoms with Crippen molar-refractivity contribution in [2.75, 3.05) is 26.8 Å². The molecule has 2 heterocycles. The molecule has 3 N–H and O–H groups in total. The molecule has 1 aromatic rings. The van der Waals surface area contributed by atoms with Gasteiger partial charge in [-0.25, -0.2) is 4.39 Å². The van der Waals surface area contributed by atoms with Crippen LogP contribution in [0, 0.1) is 5.82 Å². The van der Waals surface area contributed by atoms with Crippen LogP contribution in [-0.2, 0) is 4.74 Å². The number of hydrogen-bond acceptors (Lipinski definition) is 5. The smallest absolute Gasteiger partial charge is 0.251 e. The molecule has 0 unspecified atom stereocenters. The summed E-state index contributed by atoms with van der Waals surface area (Å²) in [6.45, 7) is 3.86. The number of methoxy groups -OCH3 is 1. The number of halogens is 2. The number of carbonyl (C=O) groups is 1. The van der Waals surface area contributed by atoms with E-state index in [0.29, 0.717) is 25.9 Å². The Hall–Kier alpha value is -1.41. The van der Waals surface area contributed by atoms with Gasteiger partial charge in [0.2, 0.25) is 0 Å². The number of piperidine rings is 1. The Bertz CT molecular complexity index is 649. The van der Waals surface area contributed by atoms with E-state index in [0.717, 1.165) is 13.1 Å². The summed E-state index contributed by atoms with van der Waals surface area (Å²) in [4.78, 5) is 12.7. The van der Waals surface area contributed by atoms with Crippen molar-refractivity contribution in [3.05, 3.63) is 29.6 Å². The molecule has 0 aromatic heterocycles. The van der Waals surface area contributed by atoms with Gasteiger partial charge in [0.1, 0.15) is 6.10 Å². The Morgan fingerprint density at radius 2 is 2.08 bits per heavy atom. The Labute approximate surface area is 158 Å². The van der Waals surface area contributed by atoms with Crippen LogP contribution in [0.1, 0.15) is 36.5 Å². The summed E-state index contributed by atoms with van der Waals surface area (Å²) in [6.07, 6.45) is 1.09. The van der Waals surface area contributed by atoms with Crippen molar-refractivity contribution in [1.82, 2.24) is 10.6 Å². The van der Waals surface area contributed by atoms with Crippen LogP contribution in [0.3, 0.4) is 0 Å². The molecule has 0 radical (unpaired) electrons. The summed E-state index contributed by atoms with van der Waals surface area (Å²) in [5.41, 5.74) is -1.15. The van der Waals surface area contributed by atoms with Crippen molar-refractivity contribution in [2.24, 2.45) is 0 Å². The fraction of sp³-hybridized carbons (Fsp3) is 0.611. The maximum atomic E-state index is 13.5. The van der Waals surface area contributed by atoms with Gasteiger partial charge in [0, 0.05) is 12.2 Å². The molecule has 2 fully saturated rings. The highest BCUT2D eigenvalue weighted by Crippen LogP contribution is 2.38. The van der Waals surface area contributed by atoms with Crippen LogP contribution in [0.2, 0.25) is 0 Å². The summed E-state index contributed by atoms with van der Waals surface area (Å²) >= 11 is 0. The fourth-order valence-electron chi connectivity index (χ4n) is 3.79. The van der Waals surface area contributed by atoms with Gasteiger partial charge < -0.3 is 25.2 Å². The molecule has 26 heavy (non-hydrogen) atoms. The third-order valence-corrected chi connectivity index (χ3v) is 5.38. The molecular weight excluding hydrogens is 363 g/mol. The molecule has 0 aliphatic carbocycles. The second-order valence-corrected chi connectivity index (χ2v) is 7.04. The number of benzene rings is 1. The second-order valence-electron chi connectivity index (χ2n) is 7.04. The molecule has 2 atom stereocenters. The van der Waals surface area contributed by atoms with E-state index < -0.39 is 23.1 Å². The van der Waals surface area contributed by atoms with Crippen LogP contribution in [0.5, 0.6) is 5.75 Å². The minimum absolute atomic E-state index is 0. The van der Waals surface area contributed by atoms with E-state index >= 15 is 0 Å². The molecule has 8 heteroatoms. The summed E-state index contributed by atoms with van der Waals surface area (Å²) in [6, 6.07) is 3.97. The van der Waals surface area contributed by atoms with Gasteiger partial charge >= 0.3 is 0 Å². The molecule has 2 saturated heterocycles. The van der Waals surface area contributed by atoms with Crippen molar-refractivity contribution in [3.8, 4) is 5.75 Å². The average Bonchev–Trinajstić information content (AvgIpc) is 2.61. The third kappa shape index (κ3) is 3.81. The number of aliphatic hydroxyl groups is 1. The lowest BCUT2D eigenvalue weighted by Crippen LogP contribution is -2.69. The Morgan fingerprint density at radius 1 is 1.38 bits per heavy atom. The van der Waals surface area contributed by atoms with Crippen molar-refractivity contribution >= 4 is 18.3 Å². The van der Waals surface area contributed by atoms with Gasteiger partial charge in [-0.2, -0.15) is 0 Å². The SMILES string of the molecule is COc1cc(C(=O)N[C@]2(C)CCOC3(CCNCC3)[C@H]2O)ccc1F.Cl. The number of rotatable bonds is 3. The predicted molar refractivity (Wildman–Crippen MR) is 97.5 cm³/mol. The summed E-state index contributed by atoms with van der Waals surface area (Å²) in [5, 5.41) is 17.2. The summed E-state index contributed by atoms with van der Waals surface area (Å²) < 4.78 is 24.4. The third-order valence-electron chi connectivity index (χ3n) is 5.38. The Kier molecular flexibility index (Phi) is 6.50. The maximum Gasteiger partial charge on any atom is 0.251 e. The van der Waals surface area contributed by atoms with Gasteiger partial charge in [-0.1, -0.05) is 0 Å². The van der Waals surface area contributed by atoms with Gasteiger partial charge in [-0.15, -0.1) is 12.4 Å². The molecule has 2 aliphatic heterocycles. The molecular formula is C18H26ClFN2O4.